The first kappa shape index (κ1) is 13.2. The highest BCUT2D eigenvalue weighted by Gasteiger charge is 2.30. The van der Waals surface area contributed by atoms with E-state index in [4.69, 9.17) is 15.2 Å². The van der Waals surface area contributed by atoms with Crippen LogP contribution in [-0.2, 0) is 0 Å². The van der Waals surface area contributed by atoms with E-state index in [0.717, 1.165) is 36.4 Å². The maximum atomic E-state index is 6.28. The summed E-state index contributed by atoms with van der Waals surface area (Å²) in [5.74, 6) is 1.57. The first-order valence-corrected chi connectivity index (χ1v) is 6.35. The number of methoxy groups -OCH3 is 2. The molecule has 0 bridgehead atoms. The molecule has 2 rings (SSSR count). The van der Waals surface area contributed by atoms with Crippen molar-refractivity contribution in [3.63, 3.8) is 0 Å². The molecule has 0 radical (unpaired) electrons. The van der Waals surface area contributed by atoms with Crippen LogP contribution in [0.4, 0.5) is 0 Å². The predicted molar refractivity (Wildman–Crippen MR) is 72.1 cm³/mol. The number of ether oxygens (including phenoxy) is 2. The third-order valence-electron chi connectivity index (χ3n) is 3.68. The van der Waals surface area contributed by atoms with Gasteiger partial charge in [0.25, 0.3) is 0 Å². The van der Waals surface area contributed by atoms with Gasteiger partial charge in [-0.2, -0.15) is 0 Å². The SMILES string of the molecule is COc1cccc(C2C(N)CCCN2C)c1OC. The summed E-state index contributed by atoms with van der Waals surface area (Å²) in [6.07, 6.45) is 2.20. The zero-order valence-corrected chi connectivity index (χ0v) is 11.3. The van der Waals surface area contributed by atoms with Crippen molar-refractivity contribution in [2.45, 2.75) is 24.9 Å². The highest BCUT2D eigenvalue weighted by molar-refractivity contribution is 5.48. The van der Waals surface area contributed by atoms with E-state index in [1.54, 1.807) is 14.2 Å². The Bertz CT molecular complexity index is 399. The van der Waals surface area contributed by atoms with Crippen LogP contribution in [0, 0.1) is 0 Å². The molecule has 1 aliphatic heterocycles. The summed E-state index contributed by atoms with van der Waals surface area (Å²) in [6.45, 7) is 1.07. The molecule has 0 aromatic heterocycles. The zero-order chi connectivity index (χ0) is 13.1. The molecule has 0 spiro atoms. The number of nitrogens with two attached hydrogens (primary N) is 1. The van der Waals surface area contributed by atoms with Crippen LogP contribution in [0.3, 0.4) is 0 Å². The van der Waals surface area contributed by atoms with Crippen LogP contribution in [0.15, 0.2) is 18.2 Å². The number of nitrogens with zero attached hydrogens (tertiary/aromatic N) is 1. The van der Waals surface area contributed by atoms with Gasteiger partial charge in [-0.1, -0.05) is 12.1 Å². The second-order valence-corrected chi connectivity index (χ2v) is 4.81. The van der Waals surface area contributed by atoms with Crippen LogP contribution >= 0.6 is 0 Å². The molecule has 1 aromatic carbocycles. The average molecular weight is 250 g/mol. The lowest BCUT2D eigenvalue weighted by Gasteiger charge is -2.38. The number of likely N-dealkylation sites (N-methyl/N-ethyl adjacent to an activating group) is 1. The van der Waals surface area contributed by atoms with Gasteiger partial charge in [-0.15, -0.1) is 0 Å². The molecule has 0 aliphatic carbocycles. The molecule has 2 N–H and O–H groups in total. The van der Waals surface area contributed by atoms with Gasteiger partial charge in [0.15, 0.2) is 11.5 Å². The Kier molecular flexibility index (Phi) is 4.09. The number of piperidine rings is 1. The van der Waals surface area contributed by atoms with E-state index in [1.807, 2.05) is 12.1 Å². The van der Waals surface area contributed by atoms with Gasteiger partial charge in [0.1, 0.15) is 0 Å². The minimum atomic E-state index is 0.143. The van der Waals surface area contributed by atoms with Crippen molar-refractivity contribution in [2.75, 3.05) is 27.8 Å². The van der Waals surface area contributed by atoms with Crippen molar-refractivity contribution in [1.29, 1.82) is 0 Å². The van der Waals surface area contributed by atoms with Crippen LogP contribution in [0.2, 0.25) is 0 Å². The highest BCUT2D eigenvalue weighted by Crippen LogP contribution is 2.39. The van der Waals surface area contributed by atoms with Gasteiger partial charge in [-0.25, -0.2) is 0 Å². The number of rotatable bonds is 3. The zero-order valence-electron chi connectivity index (χ0n) is 11.3. The standard InChI is InChI=1S/C14H22N2O2/c1-16-9-5-7-11(15)13(16)10-6-4-8-12(17-2)14(10)18-3/h4,6,8,11,13H,5,7,9,15H2,1-3H3. The monoisotopic (exact) mass is 250 g/mol. The van der Waals surface area contributed by atoms with Gasteiger partial charge in [0.05, 0.1) is 20.3 Å². The average Bonchev–Trinajstić information content (AvgIpc) is 2.38. The van der Waals surface area contributed by atoms with Crippen LogP contribution < -0.4 is 15.2 Å². The van der Waals surface area contributed by atoms with E-state index < -0.39 is 0 Å². The molecule has 0 saturated carbocycles. The van der Waals surface area contributed by atoms with Gasteiger partial charge in [0, 0.05) is 11.6 Å². The molecule has 4 nitrogen and oxygen atoms in total. The fourth-order valence-corrected chi connectivity index (χ4v) is 2.81. The molecule has 1 fully saturated rings. The van der Waals surface area contributed by atoms with Crippen LogP contribution in [0.5, 0.6) is 11.5 Å². The predicted octanol–water partition coefficient (Wildman–Crippen LogP) is 1.80. The van der Waals surface area contributed by atoms with Crippen LogP contribution in [-0.4, -0.2) is 38.8 Å². The molecule has 2 unspecified atom stereocenters. The molecular weight excluding hydrogens is 228 g/mol. The number of hydrogen-bond acceptors (Lipinski definition) is 4. The Morgan fingerprint density at radius 2 is 2.06 bits per heavy atom. The van der Waals surface area contributed by atoms with Crippen molar-refractivity contribution < 1.29 is 9.47 Å². The van der Waals surface area contributed by atoms with E-state index in [9.17, 15) is 0 Å². The number of hydrogen-bond donors (Lipinski definition) is 1. The molecule has 1 heterocycles. The number of para-hydroxylation sites is 1. The van der Waals surface area contributed by atoms with E-state index >= 15 is 0 Å². The molecule has 0 amide bonds. The maximum absolute atomic E-state index is 6.28. The van der Waals surface area contributed by atoms with Crippen molar-refractivity contribution >= 4 is 0 Å². The number of benzene rings is 1. The van der Waals surface area contributed by atoms with Crippen molar-refractivity contribution in [2.24, 2.45) is 5.73 Å². The quantitative estimate of drug-likeness (QED) is 0.888. The largest absolute Gasteiger partial charge is 0.493 e. The Morgan fingerprint density at radius 3 is 2.67 bits per heavy atom. The van der Waals surface area contributed by atoms with Crippen molar-refractivity contribution in [3.05, 3.63) is 23.8 Å². The minimum absolute atomic E-state index is 0.143. The van der Waals surface area contributed by atoms with Gasteiger partial charge in [0.2, 0.25) is 0 Å². The normalized spacial score (nSPS) is 24.9. The van der Waals surface area contributed by atoms with Gasteiger partial charge in [-0.3, -0.25) is 4.90 Å². The molecule has 4 heteroatoms. The Morgan fingerprint density at radius 1 is 1.28 bits per heavy atom. The van der Waals surface area contributed by atoms with E-state index in [1.165, 1.54) is 0 Å². The minimum Gasteiger partial charge on any atom is -0.493 e. The van der Waals surface area contributed by atoms with Crippen LogP contribution in [0.1, 0.15) is 24.4 Å². The first-order chi connectivity index (χ1) is 8.69. The van der Waals surface area contributed by atoms with Crippen molar-refractivity contribution in [3.8, 4) is 11.5 Å². The first-order valence-electron chi connectivity index (χ1n) is 6.35. The van der Waals surface area contributed by atoms with E-state index in [-0.39, 0.29) is 12.1 Å². The Balaban J connectivity index is 2.42. The molecule has 1 aromatic rings. The third-order valence-corrected chi connectivity index (χ3v) is 3.68. The maximum Gasteiger partial charge on any atom is 0.165 e. The van der Waals surface area contributed by atoms with Crippen molar-refractivity contribution in [1.82, 2.24) is 4.90 Å². The molecule has 100 valence electrons. The summed E-state index contributed by atoms with van der Waals surface area (Å²) in [6, 6.07) is 6.32. The number of likely N-dealkylation sites (tertiary alicyclic amines) is 1. The fraction of sp³-hybridized carbons (Fsp3) is 0.571. The lowest BCUT2D eigenvalue weighted by Crippen LogP contribution is -2.44. The molecule has 1 saturated heterocycles. The summed E-state index contributed by atoms with van der Waals surface area (Å²) >= 11 is 0. The third kappa shape index (κ3) is 2.31. The second kappa shape index (κ2) is 5.59. The van der Waals surface area contributed by atoms with E-state index in [2.05, 4.69) is 18.0 Å². The van der Waals surface area contributed by atoms with Gasteiger partial charge < -0.3 is 15.2 Å². The topological polar surface area (TPSA) is 47.7 Å². The fourth-order valence-electron chi connectivity index (χ4n) is 2.81. The summed E-state index contributed by atoms with van der Waals surface area (Å²) in [4.78, 5) is 2.30. The summed E-state index contributed by atoms with van der Waals surface area (Å²) in [7, 11) is 5.45. The Hall–Kier alpha value is -1.26. The lowest BCUT2D eigenvalue weighted by molar-refractivity contribution is 0.159. The van der Waals surface area contributed by atoms with Gasteiger partial charge >= 0.3 is 0 Å². The molecule has 2 atom stereocenters. The van der Waals surface area contributed by atoms with Crippen LogP contribution in [0.25, 0.3) is 0 Å². The summed E-state index contributed by atoms with van der Waals surface area (Å²) in [5, 5.41) is 0. The molecule has 1 aliphatic rings. The van der Waals surface area contributed by atoms with Gasteiger partial charge in [-0.05, 0) is 32.5 Å². The summed E-state index contributed by atoms with van der Waals surface area (Å²) in [5.41, 5.74) is 7.40. The highest BCUT2D eigenvalue weighted by atomic mass is 16.5. The Labute approximate surface area is 109 Å². The van der Waals surface area contributed by atoms with E-state index in [0.29, 0.717) is 0 Å². The summed E-state index contributed by atoms with van der Waals surface area (Å²) < 4.78 is 10.9. The second-order valence-electron chi connectivity index (χ2n) is 4.81. The molecule has 18 heavy (non-hydrogen) atoms. The molecular formula is C14H22N2O2. The lowest BCUT2D eigenvalue weighted by atomic mass is 9.90. The smallest absolute Gasteiger partial charge is 0.165 e.